The fourth-order valence-corrected chi connectivity index (χ4v) is 3.07. The van der Waals surface area contributed by atoms with Gasteiger partial charge in [0, 0.05) is 42.9 Å². The van der Waals surface area contributed by atoms with Crippen molar-refractivity contribution >= 4 is 34.2 Å². The fourth-order valence-electron chi connectivity index (χ4n) is 2.90. The third kappa shape index (κ3) is 6.35. The van der Waals surface area contributed by atoms with E-state index in [4.69, 9.17) is 16.6 Å². The smallest absolute Gasteiger partial charge is 0.221 e. The predicted octanol–water partition coefficient (Wildman–Crippen LogP) is 4.47. The summed E-state index contributed by atoms with van der Waals surface area (Å²) in [7, 11) is 0. The Kier molecular flexibility index (Phi) is 7.84. The summed E-state index contributed by atoms with van der Waals surface area (Å²) < 4.78 is 0. The van der Waals surface area contributed by atoms with Gasteiger partial charge in [-0.2, -0.15) is 0 Å². The molecule has 1 N–H and O–H groups in total. The van der Waals surface area contributed by atoms with Crippen molar-refractivity contribution in [3.05, 3.63) is 29.0 Å². The van der Waals surface area contributed by atoms with E-state index in [9.17, 15) is 4.79 Å². The molecule has 1 heterocycles. The predicted molar refractivity (Wildman–Crippen MR) is 113 cm³/mol. The average molecular weight is 391 g/mol. The number of nitrogens with zero attached hydrogens (tertiary/aromatic N) is 3. The summed E-state index contributed by atoms with van der Waals surface area (Å²) >= 11 is 6.17. The SMILES string of the molecule is CCc1nc(N(CCC(=O)NCC(C)C)CC(C)C)c2ccc(Cl)cc2n1. The zero-order valence-electron chi connectivity index (χ0n) is 17.1. The number of benzene rings is 1. The van der Waals surface area contributed by atoms with Gasteiger partial charge in [0.15, 0.2) is 0 Å². The van der Waals surface area contributed by atoms with Gasteiger partial charge in [-0.3, -0.25) is 4.79 Å². The molecule has 0 aliphatic carbocycles. The van der Waals surface area contributed by atoms with Gasteiger partial charge in [0.25, 0.3) is 0 Å². The molecule has 0 saturated heterocycles. The van der Waals surface area contributed by atoms with Crippen LogP contribution in [0.5, 0.6) is 0 Å². The maximum atomic E-state index is 12.2. The molecule has 1 amide bonds. The minimum Gasteiger partial charge on any atom is -0.356 e. The second-order valence-corrected chi connectivity index (χ2v) is 8.20. The molecule has 1 aromatic heterocycles. The Bertz CT molecular complexity index is 776. The Morgan fingerprint density at radius 3 is 2.56 bits per heavy atom. The van der Waals surface area contributed by atoms with Crippen LogP contribution in [0.1, 0.15) is 46.9 Å². The number of nitrogens with one attached hydrogen (secondary N) is 1. The van der Waals surface area contributed by atoms with E-state index in [1.807, 2.05) is 25.1 Å². The number of rotatable bonds is 9. The third-order valence-corrected chi connectivity index (χ3v) is 4.44. The molecule has 148 valence electrons. The molecule has 27 heavy (non-hydrogen) atoms. The van der Waals surface area contributed by atoms with E-state index in [2.05, 4.69) is 42.9 Å². The molecule has 2 aromatic rings. The summed E-state index contributed by atoms with van der Waals surface area (Å²) in [6.07, 6.45) is 1.19. The van der Waals surface area contributed by atoms with Crippen molar-refractivity contribution in [2.45, 2.75) is 47.5 Å². The average Bonchev–Trinajstić information content (AvgIpc) is 2.61. The molecule has 0 radical (unpaired) electrons. The first-order chi connectivity index (χ1) is 12.8. The Hall–Kier alpha value is -1.88. The van der Waals surface area contributed by atoms with Crippen molar-refractivity contribution in [2.75, 3.05) is 24.5 Å². The van der Waals surface area contributed by atoms with Crippen molar-refractivity contribution in [1.82, 2.24) is 15.3 Å². The molecule has 0 aliphatic rings. The van der Waals surface area contributed by atoms with Gasteiger partial charge in [-0.1, -0.05) is 46.2 Å². The van der Waals surface area contributed by atoms with E-state index < -0.39 is 0 Å². The molecule has 0 unspecified atom stereocenters. The molecule has 0 atom stereocenters. The van der Waals surface area contributed by atoms with Crippen LogP contribution in [0.15, 0.2) is 18.2 Å². The molecule has 5 nitrogen and oxygen atoms in total. The van der Waals surface area contributed by atoms with Gasteiger partial charge in [0.05, 0.1) is 5.52 Å². The van der Waals surface area contributed by atoms with Crippen molar-refractivity contribution in [2.24, 2.45) is 11.8 Å². The van der Waals surface area contributed by atoms with Crippen molar-refractivity contribution in [3.8, 4) is 0 Å². The lowest BCUT2D eigenvalue weighted by molar-refractivity contribution is -0.121. The number of anilines is 1. The largest absolute Gasteiger partial charge is 0.356 e. The van der Waals surface area contributed by atoms with Crippen LogP contribution < -0.4 is 10.2 Å². The van der Waals surface area contributed by atoms with Crippen LogP contribution in [0.3, 0.4) is 0 Å². The molecule has 0 fully saturated rings. The number of fused-ring (bicyclic) bond motifs is 1. The van der Waals surface area contributed by atoms with Crippen LogP contribution >= 0.6 is 11.6 Å². The zero-order chi connectivity index (χ0) is 20.0. The van der Waals surface area contributed by atoms with Crippen LogP contribution in [0, 0.1) is 11.8 Å². The highest BCUT2D eigenvalue weighted by molar-refractivity contribution is 6.31. The maximum Gasteiger partial charge on any atom is 0.221 e. The molecule has 0 spiro atoms. The number of carbonyl (C=O) groups excluding carboxylic acids is 1. The van der Waals surface area contributed by atoms with Crippen LogP contribution in [-0.2, 0) is 11.2 Å². The van der Waals surface area contributed by atoms with E-state index in [-0.39, 0.29) is 5.91 Å². The van der Waals surface area contributed by atoms with Gasteiger partial charge < -0.3 is 10.2 Å². The van der Waals surface area contributed by atoms with Gasteiger partial charge in [-0.05, 0) is 30.0 Å². The number of hydrogen-bond donors (Lipinski definition) is 1. The summed E-state index contributed by atoms with van der Waals surface area (Å²) in [5.74, 6) is 2.65. The lowest BCUT2D eigenvalue weighted by atomic mass is 10.1. The maximum absolute atomic E-state index is 12.2. The number of hydrogen-bond acceptors (Lipinski definition) is 4. The van der Waals surface area contributed by atoms with E-state index in [0.717, 1.165) is 35.5 Å². The highest BCUT2D eigenvalue weighted by Crippen LogP contribution is 2.27. The Labute approximate surface area is 167 Å². The topological polar surface area (TPSA) is 58.1 Å². The second-order valence-electron chi connectivity index (χ2n) is 7.77. The molecular weight excluding hydrogens is 360 g/mol. The molecule has 0 bridgehead atoms. The first-order valence-corrected chi connectivity index (χ1v) is 10.2. The summed E-state index contributed by atoms with van der Waals surface area (Å²) in [5, 5.41) is 4.63. The Balaban J connectivity index is 2.31. The lowest BCUT2D eigenvalue weighted by Gasteiger charge is -2.27. The molecule has 1 aromatic carbocycles. The van der Waals surface area contributed by atoms with E-state index in [0.29, 0.717) is 36.4 Å². The summed E-state index contributed by atoms with van der Waals surface area (Å²) in [5.41, 5.74) is 0.849. The molecule has 0 saturated carbocycles. The highest BCUT2D eigenvalue weighted by Gasteiger charge is 2.17. The van der Waals surface area contributed by atoms with Crippen molar-refractivity contribution < 1.29 is 4.79 Å². The number of halogens is 1. The minimum absolute atomic E-state index is 0.0783. The summed E-state index contributed by atoms with van der Waals surface area (Å²) in [6, 6.07) is 5.72. The van der Waals surface area contributed by atoms with Gasteiger partial charge in [-0.15, -0.1) is 0 Å². The zero-order valence-corrected chi connectivity index (χ0v) is 17.8. The quantitative estimate of drug-likeness (QED) is 0.686. The highest BCUT2D eigenvalue weighted by atomic mass is 35.5. The van der Waals surface area contributed by atoms with E-state index in [1.165, 1.54) is 0 Å². The molecule has 6 heteroatoms. The fraction of sp³-hybridized carbons (Fsp3) is 0.571. The summed E-state index contributed by atoms with van der Waals surface area (Å²) in [4.78, 5) is 23.8. The van der Waals surface area contributed by atoms with Crippen molar-refractivity contribution in [3.63, 3.8) is 0 Å². The molecule has 0 aliphatic heterocycles. The lowest BCUT2D eigenvalue weighted by Crippen LogP contribution is -2.35. The number of amides is 1. The Morgan fingerprint density at radius 2 is 1.93 bits per heavy atom. The van der Waals surface area contributed by atoms with Crippen molar-refractivity contribution in [1.29, 1.82) is 0 Å². The molecule has 2 rings (SSSR count). The van der Waals surface area contributed by atoms with E-state index in [1.54, 1.807) is 0 Å². The third-order valence-electron chi connectivity index (χ3n) is 4.20. The van der Waals surface area contributed by atoms with Gasteiger partial charge >= 0.3 is 0 Å². The van der Waals surface area contributed by atoms with Crippen LogP contribution in [0.2, 0.25) is 5.02 Å². The van der Waals surface area contributed by atoms with Crippen LogP contribution in [0.25, 0.3) is 10.9 Å². The number of carbonyl (C=O) groups is 1. The Morgan fingerprint density at radius 1 is 1.19 bits per heavy atom. The number of aromatic nitrogens is 2. The van der Waals surface area contributed by atoms with Gasteiger partial charge in [-0.25, -0.2) is 9.97 Å². The normalized spacial score (nSPS) is 11.4. The minimum atomic E-state index is 0.0783. The monoisotopic (exact) mass is 390 g/mol. The van der Waals surface area contributed by atoms with Crippen LogP contribution in [0.4, 0.5) is 5.82 Å². The molecular formula is C21H31ClN4O. The van der Waals surface area contributed by atoms with Gasteiger partial charge in [0.1, 0.15) is 11.6 Å². The van der Waals surface area contributed by atoms with Gasteiger partial charge in [0.2, 0.25) is 5.91 Å². The van der Waals surface area contributed by atoms with E-state index >= 15 is 0 Å². The summed E-state index contributed by atoms with van der Waals surface area (Å²) in [6.45, 7) is 12.7. The first-order valence-electron chi connectivity index (χ1n) is 9.78. The number of aryl methyl sites for hydroxylation is 1. The first kappa shape index (κ1) is 21.4. The second kappa shape index (κ2) is 9.88. The standard InChI is InChI=1S/C21H31ClN4O/c1-6-19-24-18-11-16(22)7-8-17(18)21(25-19)26(13-15(4)5)10-9-20(27)23-12-14(2)3/h7-8,11,14-15H,6,9-10,12-13H2,1-5H3,(H,23,27). The van der Waals surface area contributed by atoms with Crippen LogP contribution in [-0.4, -0.2) is 35.5 Å².